The molecule has 4 aromatic rings. The number of nitrogens with one attached hydrogen (secondary N) is 1. The molecule has 29 heavy (non-hydrogen) atoms. The van der Waals surface area contributed by atoms with Crippen molar-refractivity contribution in [3.8, 4) is 0 Å². The molecular formula is C20H12F3N3O2S. The number of benzene rings is 2. The molecule has 2 heterocycles. The maximum atomic E-state index is 12.8. The number of amides is 1. The first-order valence-corrected chi connectivity index (χ1v) is 9.24. The minimum Gasteiger partial charge on any atom is -0.438 e. The van der Waals surface area contributed by atoms with Gasteiger partial charge in [-0.2, -0.15) is 13.2 Å². The number of anilines is 1. The molecule has 0 aliphatic heterocycles. The maximum Gasteiger partial charge on any atom is 0.416 e. The van der Waals surface area contributed by atoms with Gasteiger partial charge in [-0.15, -0.1) is 11.3 Å². The summed E-state index contributed by atoms with van der Waals surface area (Å²) in [5, 5.41) is 5.46. The fourth-order valence-corrected chi connectivity index (χ4v) is 3.13. The quantitative estimate of drug-likeness (QED) is 0.488. The van der Waals surface area contributed by atoms with E-state index in [4.69, 9.17) is 4.42 Å². The average molecular weight is 415 g/mol. The van der Waals surface area contributed by atoms with Gasteiger partial charge < -0.3 is 4.42 Å². The Hall–Kier alpha value is -3.46. The van der Waals surface area contributed by atoms with E-state index >= 15 is 0 Å². The number of carbonyl (C=O) groups excluding carboxylic acids is 1. The molecule has 0 bridgehead atoms. The zero-order chi connectivity index (χ0) is 20.4. The number of rotatable bonds is 3. The summed E-state index contributed by atoms with van der Waals surface area (Å²) >= 11 is 1.25. The topological polar surface area (TPSA) is 67.5 Å². The molecule has 1 N–H and O–H groups in total. The summed E-state index contributed by atoms with van der Waals surface area (Å²) in [6, 6.07) is 13.0. The van der Waals surface area contributed by atoms with Crippen LogP contribution >= 0.6 is 11.3 Å². The number of hydrogen-bond donors (Lipinski definition) is 1. The fourth-order valence-electron chi connectivity index (χ4n) is 2.61. The Bertz CT molecular complexity index is 1230. The Morgan fingerprint density at radius 3 is 2.55 bits per heavy atom. The summed E-state index contributed by atoms with van der Waals surface area (Å²) in [6.45, 7) is 0. The maximum absolute atomic E-state index is 12.8. The van der Waals surface area contributed by atoms with Gasteiger partial charge in [0.2, 0.25) is 5.55 Å². The molecule has 5 nitrogen and oxygen atoms in total. The number of thiazole rings is 1. The fraction of sp³-hybridized carbons (Fsp3) is 0.0500. The Kier molecular flexibility index (Phi) is 4.89. The van der Waals surface area contributed by atoms with Crippen molar-refractivity contribution in [2.24, 2.45) is 4.99 Å². The highest BCUT2D eigenvalue weighted by Gasteiger charge is 2.29. The van der Waals surface area contributed by atoms with Crippen LogP contribution in [0.4, 0.5) is 24.0 Å². The molecule has 1 amide bonds. The van der Waals surface area contributed by atoms with E-state index in [2.05, 4.69) is 15.3 Å². The van der Waals surface area contributed by atoms with E-state index in [9.17, 15) is 18.0 Å². The second-order valence-corrected chi connectivity index (χ2v) is 6.85. The van der Waals surface area contributed by atoms with Crippen LogP contribution in [0.15, 0.2) is 75.6 Å². The molecule has 0 saturated heterocycles. The lowest BCUT2D eigenvalue weighted by Gasteiger charge is -2.07. The van der Waals surface area contributed by atoms with Gasteiger partial charge in [0, 0.05) is 17.0 Å². The summed E-state index contributed by atoms with van der Waals surface area (Å²) in [6.07, 6.45) is -2.89. The van der Waals surface area contributed by atoms with Crippen LogP contribution in [0.5, 0.6) is 0 Å². The van der Waals surface area contributed by atoms with Crippen LogP contribution in [-0.4, -0.2) is 10.9 Å². The van der Waals surface area contributed by atoms with Crippen LogP contribution < -0.4 is 10.9 Å². The van der Waals surface area contributed by atoms with E-state index in [0.717, 1.165) is 12.1 Å². The minimum absolute atomic E-state index is 0.0162. The zero-order valence-corrected chi connectivity index (χ0v) is 15.4. The highest BCUT2D eigenvalue weighted by molar-refractivity contribution is 7.13. The van der Waals surface area contributed by atoms with E-state index in [1.54, 1.807) is 41.9 Å². The van der Waals surface area contributed by atoms with Crippen LogP contribution in [0.25, 0.3) is 11.0 Å². The van der Waals surface area contributed by atoms with E-state index in [1.807, 2.05) is 0 Å². The number of aromatic nitrogens is 1. The van der Waals surface area contributed by atoms with E-state index in [1.165, 1.54) is 23.5 Å². The molecule has 146 valence electrons. The molecule has 0 atom stereocenters. The summed E-state index contributed by atoms with van der Waals surface area (Å²) < 4.78 is 44.1. The van der Waals surface area contributed by atoms with Crippen molar-refractivity contribution in [2.75, 3.05) is 5.32 Å². The summed E-state index contributed by atoms with van der Waals surface area (Å²) in [7, 11) is 0. The second kappa shape index (κ2) is 7.51. The monoisotopic (exact) mass is 415 g/mol. The lowest BCUT2D eigenvalue weighted by Crippen LogP contribution is -2.21. The molecule has 0 radical (unpaired) electrons. The Labute approximate surface area is 166 Å². The number of halogens is 3. The van der Waals surface area contributed by atoms with Crippen LogP contribution in [0.1, 0.15) is 15.9 Å². The summed E-state index contributed by atoms with van der Waals surface area (Å²) in [4.78, 5) is 21.0. The number of nitrogens with zero attached hydrogens (tertiary/aromatic N) is 2. The molecule has 0 spiro atoms. The summed E-state index contributed by atoms with van der Waals surface area (Å²) in [5.41, 5.74) is 0.0502. The van der Waals surface area contributed by atoms with Crippen molar-refractivity contribution in [3.05, 3.63) is 82.9 Å². The molecule has 2 aromatic carbocycles. The standard InChI is InChI=1S/C20H12F3N3O2S/c21-20(22,23)13-5-7-14(8-6-13)25-18-15(17(27)26-19-24-9-10-29-19)11-12-3-1-2-4-16(12)28-18/h1-11H,(H,24,26,27). The van der Waals surface area contributed by atoms with Gasteiger partial charge in [-0.25, -0.2) is 9.98 Å². The van der Waals surface area contributed by atoms with Crippen molar-refractivity contribution in [3.63, 3.8) is 0 Å². The van der Waals surface area contributed by atoms with Crippen molar-refractivity contribution < 1.29 is 22.4 Å². The summed E-state index contributed by atoms with van der Waals surface area (Å²) in [5.74, 6) is -0.486. The van der Waals surface area contributed by atoms with Crippen molar-refractivity contribution in [1.29, 1.82) is 0 Å². The van der Waals surface area contributed by atoms with Crippen LogP contribution in [0.2, 0.25) is 0 Å². The van der Waals surface area contributed by atoms with Crippen LogP contribution in [0, 0.1) is 0 Å². The van der Waals surface area contributed by atoms with Crippen molar-refractivity contribution >= 4 is 39.0 Å². The first-order valence-electron chi connectivity index (χ1n) is 8.36. The van der Waals surface area contributed by atoms with E-state index in [0.29, 0.717) is 16.1 Å². The molecule has 4 rings (SSSR count). The third-order valence-electron chi connectivity index (χ3n) is 3.98. The van der Waals surface area contributed by atoms with Crippen LogP contribution in [0.3, 0.4) is 0 Å². The number of fused-ring (bicyclic) bond motifs is 1. The lowest BCUT2D eigenvalue weighted by atomic mass is 10.1. The largest absolute Gasteiger partial charge is 0.438 e. The molecular weight excluding hydrogens is 403 g/mol. The van der Waals surface area contributed by atoms with Gasteiger partial charge in [-0.1, -0.05) is 18.2 Å². The number of hydrogen-bond acceptors (Lipinski definition) is 5. The first kappa shape index (κ1) is 18.9. The highest BCUT2D eigenvalue weighted by Crippen LogP contribution is 2.30. The predicted molar refractivity (Wildman–Crippen MR) is 103 cm³/mol. The Morgan fingerprint density at radius 2 is 1.86 bits per heavy atom. The number of carbonyl (C=O) groups is 1. The molecule has 2 aromatic heterocycles. The molecule has 0 aliphatic rings. The van der Waals surface area contributed by atoms with Crippen LogP contribution in [-0.2, 0) is 6.18 Å². The van der Waals surface area contributed by atoms with Gasteiger partial charge in [0.15, 0.2) is 5.13 Å². The second-order valence-electron chi connectivity index (χ2n) is 5.95. The average Bonchev–Trinajstić information content (AvgIpc) is 3.20. The molecule has 0 fully saturated rings. The third kappa shape index (κ3) is 4.19. The number of para-hydroxylation sites is 1. The van der Waals surface area contributed by atoms with Gasteiger partial charge in [-0.05, 0) is 36.4 Å². The van der Waals surface area contributed by atoms with Gasteiger partial charge in [0.1, 0.15) is 11.1 Å². The van der Waals surface area contributed by atoms with Gasteiger partial charge in [0.05, 0.1) is 11.3 Å². The molecule has 0 aliphatic carbocycles. The zero-order valence-electron chi connectivity index (χ0n) is 14.6. The van der Waals surface area contributed by atoms with Gasteiger partial charge >= 0.3 is 6.18 Å². The Balaban J connectivity index is 1.81. The van der Waals surface area contributed by atoms with Crippen molar-refractivity contribution in [2.45, 2.75) is 6.18 Å². The molecule has 0 unspecified atom stereocenters. The first-order chi connectivity index (χ1) is 13.9. The Morgan fingerprint density at radius 1 is 1.10 bits per heavy atom. The van der Waals surface area contributed by atoms with Gasteiger partial charge in [-0.3, -0.25) is 10.1 Å². The third-order valence-corrected chi connectivity index (χ3v) is 4.67. The van der Waals surface area contributed by atoms with E-state index in [-0.39, 0.29) is 16.8 Å². The lowest BCUT2D eigenvalue weighted by molar-refractivity contribution is -0.137. The van der Waals surface area contributed by atoms with Crippen molar-refractivity contribution in [1.82, 2.24) is 4.98 Å². The van der Waals surface area contributed by atoms with E-state index < -0.39 is 17.6 Å². The molecule has 9 heteroatoms. The molecule has 0 saturated carbocycles. The highest BCUT2D eigenvalue weighted by atomic mass is 32.1. The SMILES string of the molecule is O=C(Nc1nccs1)c1cc2ccccc2oc1=Nc1ccc(C(F)(F)F)cc1. The number of alkyl halides is 3. The smallest absolute Gasteiger partial charge is 0.416 e. The van der Waals surface area contributed by atoms with Gasteiger partial charge in [0.25, 0.3) is 5.91 Å². The minimum atomic E-state index is -4.44. The normalized spacial score (nSPS) is 12.3. The predicted octanol–water partition coefficient (Wildman–Crippen LogP) is 5.39.